The number of methoxy groups -OCH3 is 1. The highest BCUT2D eigenvalue weighted by molar-refractivity contribution is 6.04. The number of ether oxygens (including phenoxy) is 2. The molecule has 1 aliphatic rings. The predicted octanol–water partition coefficient (Wildman–Crippen LogP) is 3.28. The second-order valence-electron chi connectivity index (χ2n) is 8.13. The third kappa shape index (κ3) is 5.49. The molecule has 35 heavy (non-hydrogen) atoms. The molecule has 0 aliphatic carbocycles. The summed E-state index contributed by atoms with van der Waals surface area (Å²) >= 11 is 0. The summed E-state index contributed by atoms with van der Waals surface area (Å²) in [5.41, 5.74) is 2.73. The van der Waals surface area contributed by atoms with Crippen LogP contribution in [-0.2, 0) is 16.1 Å². The number of nitrogens with one attached hydrogen (secondary N) is 1. The van der Waals surface area contributed by atoms with Crippen LogP contribution in [0, 0.1) is 11.3 Å². The Morgan fingerprint density at radius 2 is 1.97 bits per heavy atom. The summed E-state index contributed by atoms with van der Waals surface area (Å²) in [4.78, 5) is 26.8. The molecule has 0 saturated carbocycles. The number of amides is 2. The number of hydrogen-bond donors (Lipinski definition) is 2. The van der Waals surface area contributed by atoms with Crippen LogP contribution in [0.1, 0.15) is 33.2 Å². The number of rotatable bonds is 7. The highest BCUT2D eigenvalue weighted by Gasteiger charge is 2.35. The molecule has 3 aromatic rings. The number of para-hydroxylation sites is 1. The minimum Gasteiger partial charge on any atom is -0.496 e. The lowest BCUT2D eigenvalue weighted by atomic mass is 9.99. The Hall–Kier alpha value is -4.19. The lowest BCUT2D eigenvalue weighted by molar-refractivity contribution is -0.155. The molecule has 0 aromatic heterocycles. The summed E-state index contributed by atoms with van der Waals surface area (Å²) < 4.78 is 10.9. The molecule has 8 nitrogen and oxygen atoms in total. The van der Waals surface area contributed by atoms with E-state index in [2.05, 4.69) is 5.32 Å². The summed E-state index contributed by atoms with van der Waals surface area (Å²) in [6, 6.07) is 22.1. The first-order valence-electron chi connectivity index (χ1n) is 11.1. The maximum absolute atomic E-state index is 12.7. The maximum Gasteiger partial charge on any atom is 0.255 e. The van der Waals surface area contributed by atoms with Crippen molar-refractivity contribution >= 4 is 17.5 Å². The molecule has 178 valence electrons. The van der Waals surface area contributed by atoms with Crippen molar-refractivity contribution in [2.75, 3.05) is 25.6 Å². The Kier molecular flexibility index (Phi) is 7.41. The molecule has 1 aliphatic heterocycles. The maximum atomic E-state index is 12.7. The molecule has 0 radical (unpaired) electrons. The fourth-order valence-corrected chi connectivity index (χ4v) is 4.03. The van der Waals surface area contributed by atoms with Crippen molar-refractivity contribution in [3.8, 4) is 11.8 Å². The van der Waals surface area contributed by atoms with Crippen LogP contribution in [0.15, 0.2) is 72.8 Å². The zero-order chi connectivity index (χ0) is 24.8. The lowest BCUT2D eigenvalue weighted by Crippen LogP contribution is -2.51. The van der Waals surface area contributed by atoms with Gasteiger partial charge in [0, 0.05) is 23.4 Å². The van der Waals surface area contributed by atoms with Gasteiger partial charge in [-0.05, 0) is 42.0 Å². The van der Waals surface area contributed by atoms with E-state index in [1.165, 1.54) is 6.07 Å². The van der Waals surface area contributed by atoms with Gasteiger partial charge in [0.2, 0.25) is 5.91 Å². The largest absolute Gasteiger partial charge is 0.496 e. The summed E-state index contributed by atoms with van der Waals surface area (Å²) in [5.74, 6) is 0.111. The molecule has 2 N–H and O–H groups in total. The van der Waals surface area contributed by atoms with E-state index in [-0.39, 0.29) is 31.6 Å². The van der Waals surface area contributed by atoms with E-state index >= 15 is 0 Å². The highest BCUT2D eigenvalue weighted by Crippen LogP contribution is 2.28. The summed E-state index contributed by atoms with van der Waals surface area (Å²) in [7, 11) is 1.58. The van der Waals surface area contributed by atoms with E-state index < -0.39 is 12.1 Å². The van der Waals surface area contributed by atoms with E-state index in [1.807, 2.05) is 30.3 Å². The molecule has 8 heteroatoms. The standard InChI is InChI=1S/C27H25N3O5/c1-34-24-8-3-2-6-21(24)15-30-23(16-35-17-25(30)31)26(32)19-9-11-22(12-10-19)29-27(33)20-7-4-5-18(13-20)14-28/h2-13,23,26,32H,15-17H2,1H3,(H,29,33). The van der Waals surface area contributed by atoms with Crippen molar-refractivity contribution in [2.45, 2.75) is 18.7 Å². The van der Waals surface area contributed by atoms with Gasteiger partial charge in [-0.15, -0.1) is 0 Å². The van der Waals surface area contributed by atoms with E-state index in [9.17, 15) is 14.7 Å². The first-order chi connectivity index (χ1) is 17.0. The monoisotopic (exact) mass is 471 g/mol. The number of nitriles is 1. The smallest absolute Gasteiger partial charge is 0.255 e. The molecule has 1 fully saturated rings. The topological polar surface area (TPSA) is 112 Å². The Labute approximate surface area is 203 Å². The minimum absolute atomic E-state index is 0.0453. The van der Waals surface area contributed by atoms with Gasteiger partial charge >= 0.3 is 0 Å². The minimum atomic E-state index is -0.994. The second kappa shape index (κ2) is 10.8. The fourth-order valence-electron chi connectivity index (χ4n) is 4.03. The van der Waals surface area contributed by atoms with Crippen molar-refractivity contribution in [3.05, 3.63) is 95.1 Å². The highest BCUT2D eigenvalue weighted by atomic mass is 16.5. The van der Waals surface area contributed by atoms with E-state index in [1.54, 1.807) is 54.5 Å². The van der Waals surface area contributed by atoms with Crippen LogP contribution in [0.25, 0.3) is 0 Å². The number of carbonyl (C=O) groups excluding carboxylic acids is 2. The molecule has 2 unspecified atom stereocenters. The number of carbonyl (C=O) groups is 2. The normalized spacial score (nSPS) is 16.3. The number of nitrogens with zero attached hydrogens (tertiary/aromatic N) is 2. The summed E-state index contributed by atoms with van der Waals surface area (Å²) in [6.07, 6.45) is -0.994. The van der Waals surface area contributed by atoms with Gasteiger partial charge in [0.1, 0.15) is 18.5 Å². The van der Waals surface area contributed by atoms with Crippen molar-refractivity contribution in [1.29, 1.82) is 5.26 Å². The first-order valence-corrected chi connectivity index (χ1v) is 11.1. The molecule has 4 rings (SSSR count). The van der Waals surface area contributed by atoms with Gasteiger partial charge in [-0.25, -0.2) is 0 Å². The van der Waals surface area contributed by atoms with E-state index in [0.717, 1.165) is 5.56 Å². The molecule has 2 atom stereocenters. The molecule has 2 amide bonds. The van der Waals surface area contributed by atoms with Gasteiger partial charge in [-0.2, -0.15) is 5.26 Å². The van der Waals surface area contributed by atoms with E-state index in [0.29, 0.717) is 28.1 Å². The summed E-state index contributed by atoms with van der Waals surface area (Å²) in [6.45, 7) is 0.427. The van der Waals surface area contributed by atoms with E-state index in [4.69, 9.17) is 14.7 Å². The second-order valence-corrected chi connectivity index (χ2v) is 8.13. The van der Waals surface area contributed by atoms with Gasteiger partial charge in [-0.3, -0.25) is 9.59 Å². The van der Waals surface area contributed by atoms with Crippen LogP contribution in [0.2, 0.25) is 0 Å². The zero-order valence-electron chi connectivity index (χ0n) is 19.2. The Balaban J connectivity index is 1.48. The molecular weight excluding hydrogens is 446 g/mol. The lowest BCUT2D eigenvalue weighted by Gasteiger charge is -2.38. The Morgan fingerprint density at radius 3 is 2.71 bits per heavy atom. The average molecular weight is 472 g/mol. The molecular formula is C27H25N3O5. The number of aliphatic hydroxyl groups excluding tert-OH is 1. The molecule has 0 spiro atoms. The Bertz CT molecular complexity index is 1250. The molecule has 1 saturated heterocycles. The third-order valence-corrected chi connectivity index (χ3v) is 5.90. The van der Waals surface area contributed by atoms with Crippen molar-refractivity contribution in [3.63, 3.8) is 0 Å². The SMILES string of the molecule is COc1ccccc1CN1C(=O)COCC1C(O)c1ccc(NC(=O)c2cccc(C#N)c2)cc1. The van der Waals surface area contributed by atoms with Crippen molar-refractivity contribution in [1.82, 2.24) is 4.90 Å². The first kappa shape index (κ1) is 24.0. The number of morpholine rings is 1. The van der Waals surface area contributed by atoms with Gasteiger partial charge in [0.25, 0.3) is 5.91 Å². The van der Waals surface area contributed by atoms with Crippen molar-refractivity contribution in [2.24, 2.45) is 0 Å². The third-order valence-electron chi connectivity index (χ3n) is 5.90. The number of hydrogen-bond acceptors (Lipinski definition) is 6. The van der Waals surface area contributed by atoms with Crippen molar-refractivity contribution < 1.29 is 24.2 Å². The van der Waals surface area contributed by atoms with Crippen LogP contribution >= 0.6 is 0 Å². The van der Waals surface area contributed by atoms with Gasteiger partial charge in [-0.1, -0.05) is 36.4 Å². The predicted molar refractivity (Wildman–Crippen MR) is 129 cm³/mol. The number of anilines is 1. The van der Waals surface area contributed by atoms with Gasteiger partial charge < -0.3 is 24.8 Å². The number of aliphatic hydroxyl groups is 1. The van der Waals surface area contributed by atoms with Crippen LogP contribution in [0.3, 0.4) is 0 Å². The number of benzene rings is 3. The molecule has 1 heterocycles. The van der Waals surface area contributed by atoms with Gasteiger partial charge in [0.05, 0.1) is 31.4 Å². The Morgan fingerprint density at radius 1 is 1.20 bits per heavy atom. The molecule has 0 bridgehead atoms. The van der Waals surface area contributed by atoms with Crippen LogP contribution < -0.4 is 10.1 Å². The van der Waals surface area contributed by atoms with Crippen LogP contribution in [-0.4, -0.2) is 48.2 Å². The molecule has 3 aromatic carbocycles. The zero-order valence-corrected chi connectivity index (χ0v) is 19.2. The van der Waals surface area contributed by atoms with Crippen LogP contribution in [0.4, 0.5) is 5.69 Å². The average Bonchev–Trinajstić information content (AvgIpc) is 2.90. The summed E-state index contributed by atoms with van der Waals surface area (Å²) in [5, 5.41) is 22.9. The quantitative estimate of drug-likeness (QED) is 0.547. The van der Waals surface area contributed by atoms with Gasteiger partial charge in [0.15, 0.2) is 0 Å². The fraction of sp³-hybridized carbons (Fsp3) is 0.222. The van der Waals surface area contributed by atoms with Crippen LogP contribution in [0.5, 0.6) is 5.75 Å².